The van der Waals surface area contributed by atoms with E-state index in [1.165, 1.54) is 0 Å². The lowest BCUT2D eigenvalue weighted by Gasteiger charge is -2.13. The Morgan fingerprint density at radius 2 is 2.06 bits per heavy atom. The Kier molecular flexibility index (Phi) is 4.58. The van der Waals surface area contributed by atoms with Gasteiger partial charge in [0.2, 0.25) is 0 Å². The largest absolute Gasteiger partial charge is 0.387 e. The van der Waals surface area contributed by atoms with Crippen LogP contribution in [0.2, 0.25) is 5.02 Å². The number of hydrogen-bond acceptors (Lipinski definition) is 3. The fourth-order valence-corrected chi connectivity index (χ4v) is 2.31. The van der Waals surface area contributed by atoms with Gasteiger partial charge in [-0.2, -0.15) is 0 Å². The van der Waals surface area contributed by atoms with Crippen LogP contribution in [0, 0.1) is 0 Å². The molecule has 0 radical (unpaired) electrons. The van der Waals surface area contributed by atoms with E-state index in [2.05, 4.69) is 26.2 Å². The first-order valence-electron chi connectivity index (χ1n) is 5.45. The maximum atomic E-state index is 10.00. The third kappa shape index (κ3) is 3.45. The molecule has 94 valence electrons. The molecule has 18 heavy (non-hydrogen) atoms. The lowest BCUT2D eigenvalue weighted by molar-refractivity contribution is 0.191. The minimum atomic E-state index is -0.574. The Balaban J connectivity index is 1.99. The summed E-state index contributed by atoms with van der Waals surface area (Å²) < 4.78 is 0.773. The van der Waals surface area contributed by atoms with E-state index in [9.17, 15) is 5.11 Å². The molecule has 0 saturated heterocycles. The minimum Gasteiger partial charge on any atom is -0.387 e. The van der Waals surface area contributed by atoms with Gasteiger partial charge in [0, 0.05) is 12.7 Å². The molecule has 1 unspecified atom stereocenters. The Labute approximate surface area is 119 Å². The van der Waals surface area contributed by atoms with Gasteiger partial charge in [-0.1, -0.05) is 41.9 Å². The number of hydrogen-bond donors (Lipinski definition) is 2. The highest BCUT2D eigenvalue weighted by molar-refractivity contribution is 9.10. The number of aromatic nitrogens is 1. The highest BCUT2D eigenvalue weighted by Crippen LogP contribution is 2.23. The molecule has 1 atom stereocenters. The van der Waals surface area contributed by atoms with Crippen LogP contribution in [0.1, 0.15) is 11.7 Å². The van der Waals surface area contributed by atoms with Crippen molar-refractivity contribution < 1.29 is 5.11 Å². The maximum Gasteiger partial charge on any atom is 0.140 e. The smallest absolute Gasteiger partial charge is 0.140 e. The van der Waals surface area contributed by atoms with Gasteiger partial charge < -0.3 is 10.4 Å². The molecule has 0 saturated carbocycles. The first kappa shape index (κ1) is 13.3. The van der Waals surface area contributed by atoms with E-state index in [0.717, 1.165) is 10.0 Å². The van der Waals surface area contributed by atoms with Crippen molar-refractivity contribution >= 4 is 33.3 Å². The summed E-state index contributed by atoms with van der Waals surface area (Å²) in [5.41, 5.74) is 0.870. The van der Waals surface area contributed by atoms with Gasteiger partial charge in [0.05, 0.1) is 15.6 Å². The van der Waals surface area contributed by atoms with Crippen LogP contribution in [0.15, 0.2) is 47.1 Å². The molecule has 1 aromatic carbocycles. The van der Waals surface area contributed by atoms with Gasteiger partial charge in [-0.3, -0.25) is 0 Å². The van der Waals surface area contributed by atoms with Crippen molar-refractivity contribution in [1.29, 1.82) is 0 Å². The van der Waals surface area contributed by atoms with Crippen LogP contribution in [0.3, 0.4) is 0 Å². The average molecular weight is 328 g/mol. The number of rotatable bonds is 4. The lowest BCUT2D eigenvalue weighted by atomic mass is 10.1. The predicted molar refractivity (Wildman–Crippen MR) is 76.8 cm³/mol. The van der Waals surface area contributed by atoms with Crippen molar-refractivity contribution in [1.82, 2.24) is 4.98 Å². The molecule has 0 spiro atoms. The van der Waals surface area contributed by atoms with E-state index in [1.54, 1.807) is 12.3 Å². The summed E-state index contributed by atoms with van der Waals surface area (Å²) >= 11 is 9.17. The molecule has 5 heteroatoms. The number of aliphatic hydroxyl groups excluding tert-OH is 1. The molecule has 2 rings (SSSR count). The third-order valence-corrected chi connectivity index (χ3v) is 3.27. The number of pyridine rings is 1. The fourth-order valence-electron chi connectivity index (χ4n) is 1.53. The number of aliphatic hydroxyl groups is 1. The number of nitrogens with one attached hydrogen (secondary N) is 1. The van der Waals surface area contributed by atoms with E-state index in [1.807, 2.05) is 30.3 Å². The number of anilines is 1. The lowest BCUT2D eigenvalue weighted by Crippen LogP contribution is -2.13. The van der Waals surface area contributed by atoms with E-state index in [4.69, 9.17) is 11.6 Å². The van der Waals surface area contributed by atoms with Crippen LogP contribution in [0.25, 0.3) is 0 Å². The highest BCUT2D eigenvalue weighted by Gasteiger charge is 2.08. The topological polar surface area (TPSA) is 45.1 Å². The first-order chi connectivity index (χ1) is 8.66. The van der Waals surface area contributed by atoms with Crippen molar-refractivity contribution in [2.75, 3.05) is 11.9 Å². The van der Waals surface area contributed by atoms with E-state index in [0.29, 0.717) is 17.4 Å². The normalized spacial score (nSPS) is 12.2. The minimum absolute atomic E-state index is 0.386. The quantitative estimate of drug-likeness (QED) is 0.901. The van der Waals surface area contributed by atoms with Crippen molar-refractivity contribution in [3.63, 3.8) is 0 Å². The van der Waals surface area contributed by atoms with Gasteiger partial charge in [0.1, 0.15) is 5.82 Å². The van der Waals surface area contributed by atoms with E-state index < -0.39 is 6.10 Å². The zero-order chi connectivity index (χ0) is 13.0. The van der Waals surface area contributed by atoms with Crippen molar-refractivity contribution in [3.8, 4) is 0 Å². The fraction of sp³-hybridized carbons (Fsp3) is 0.154. The van der Waals surface area contributed by atoms with E-state index >= 15 is 0 Å². The first-order valence-corrected chi connectivity index (χ1v) is 6.62. The van der Waals surface area contributed by atoms with Crippen molar-refractivity contribution in [3.05, 3.63) is 57.7 Å². The maximum absolute atomic E-state index is 10.00. The monoisotopic (exact) mass is 326 g/mol. The van der Waals surface area contributed by atoms with Crippen LogP contribution in [-0.2, 0) is 0 Å². The zero-order valence-electron chi connectivity index (χ0n) is 9.48. The van der Waals surface area contributed by atoms with E-state index in [-0.39, 0.29) is 0 Å². The summed E-state index contributed by atoms with van der Waals surface area (Å²) in [7, 11) is 0. The second kappa shape index (κ2) is 6.18. The Morgan fingerprint density at radius 1 is 1.33 bits per heavy atom. The summed E-state index contributed by atoms with van der Waals surface area (Å²) in [5, 5.41) is 13.6. The Morgan fingerprint density at radius 3 is 2.72 bits per heavy atom. The Hall–Kier alpha value is -1.10. The van der Waals surface area contributed by atoms with Crippen LogP contribution in [0.4, 0.5) is 5.82 Å². The summed E-state index contributed by atoms with van der Waals surface area (Å²) in [6, 6.07) is 11.2. The molecule has 0 bridgehead atoms. The second-order valence-electron chi connectivity index (χ2n) is 3.79. The molecule has 2 aromatic rings. The molecule has 1 heterocycles. The molecule has 0 aliphatic heterocycles. The van der Waals surface area contributed by atoms with Crippen molar-refractivity contribution in [2.45, 2.75) is 6.10 Å². The molecule has 0 aliphatic rings. The van der Waals surface area contributed by atoms with Gasteiger partial charge in [0.15, 0.2) is 0 Å². The average Bonchev–Trinajstić information content (AvgIpc) is 2.38. The molecule has 0 fully saturated rings. The van der Waals surface area contributed by atoms with Crippen LogP contribution in [0.5, 0.6) is 0 Å². The molecule has 0 aliphatic carbocycles. The Bertz CT molecular complexity index is 522. The van der Waals surface area contributed by atoms with Gasteiger partial charge in [0.25, 0.3) is 0 Å². The molecular weight excluding hydrogens is 316 g/mol. The SMILES string of the molecule is OC(CNc1ncc(Cl)cc1Br)c1ccccc1. The molecular formula is C13H12BrClN2O. The van der Waals surface area contributed by atoms with Crippen LogP contribution >= 0.6 is 27.5 Å². The summed E-state index contributed by atoms with van der Waals surface area (Å²) in [4.78, 5) is 4.14. The van der Waals surface area contributed by atoms with Gasteiger partial charge >= 0.3 is 0 Å². The predicted octanol–water partition coefficient (Wildman–Crippen LogP) is 3.64. The van der Waals surface area contributed by atoms with Gasteiger partial charge in [-0.05, 0) is 27.6 Å². The summed E-state index contributed by atoms with van der Waals surface area (Å²) in [6.45, 7) is 0.386. The van der Waals surface area contributed by atoms with Crippen LogP contribution < -0.4 is 5.32 Å². The highest BCUT2D eigenvalue weighted by atomic mass is 79.9. The molecule has 0 amide bonds. The second-order valence-corrected chi connectivity index (χ2v) is 5.08. The number of nitrogens with zero attached hydrogens (tertiary/aromatic N) is 1. The number of benzene rings is 1. The molecule has 3 nitrogen and oxygen atoms in total. The molecule has 1 aromatic heterocycles. The summed E-state index contributed by atoms with van der Waals surface area (Å²) in [5.74, 6) is 0.661. The van der Waals surface area contributed by atoms with Crippen molar-refractivity contribution in [2.24, 2.45) is 0 Å². The standard InChI is InChI=1S/C13H12BrClN2O/c14-11-6-10(15)7-16-13(11)17-8-12(18)9-4-2-1-3-5-9/h1-7,12,18H,8H2,(H,16,17). The van der Waals surface area contributed by atoms with Crippen LogP contribution in [-0.4, -0.2) is 16.6 Å². The third-order valence-electron chi connectivity index (χ3n) is 2.46. The van der Waals surface area contributed by atoms with Gasteiger partial charge in [-0.15, -0.1) is 0 Å². The number of halogens is 2. The molecule has 2 N–H and O–H groups in total. The summed E-state index contributed by atoms with van der Waals surface area (Å²) in [6.07, 6.45) is 0.986. The van der Waals surface area contributed by atoms with Gasteiger partial charge in [-0.25, -0.2) is 4.98 Å². The zero-order valence-corrected chi connectivity index (χ0v) is 11.8.